The lowest BCUT2D eigenvalue weighted by atomic mass is 10.1. The van der Waals surface area contributed by atoms with Crippen molar-refractivity contribution in [3.05, 3.63) is 59.8 Å². The van der Waals surface area contributed by atoms with Crippen molar-refractivity contribution in [2.45, 2.75) is 26.0 Å². The summed E-state index contributed by atoms with van der Waals surface area (Å²) >= 11 is 0. The van der Waals surface area contributed by atoms with Gasteiger partial charge in [0, 0.05) is 39.0 Å². The summed E-state index contributed by atoms with van der Waals surface area (Å²) in [4.78, 5) is 8.42. The molecule has 1 heterocycles. The van der Waals surface area contributed by atoms with Crippen molar-refractivity contribution in [2.75, 3.05) is 27.3 Å². The molecule has 7 heteroatoms. The maximum Gasteiger partial charge on any atom is 0.212 e. The second-order valence-corrected chi connectivity index (χ2v) is 5.84. The number of halogens is 1. The van der Waals surface area contributed by atoms with Crippen LogP contribution >= 0.6 is 24.0 Å². The van der Waals surface area contributed by atoms with Crippen LogP contribution in [0.1, 0.15) is 30.6 Å². The number of aliphatic imine (C=N–C) groups is 1. The minimum atomic E-state index is 0. The monoisotopic (exact) mass is 484 g/mol. The van der Waals surface area contributed by atoms with Crippen molar-refractivity contribution in [3.63, 3.8) is 0 Å². The molecule has 0 radical (unpaired) electrons. The zero-order valence-electron chi connectivity index (χ0n) is 16.1. The van der Waals surface area contributed by atoms with Gasteiger partial charge in [-0.2, -0.15) is 0 Å². The molecule has 0 aliphatic rings. The lowest BCUT2D eigenvalue weighted by molar-refractivity contribution is 0.0646. The molecule has 0 fully saturated rings. The first-order valence-electron chi connectivity index (χ1n) is 8.83. The first-order chi connectivity index (χ1) is 12.7. The van der Waals surface area contributed by atoms with Crippen LogP contribution in [0, 0.1) is 0 Å². The molecule has 0 spiro atoms. The molecule has 1 atom stereocenters. The standard InChI is InChI=1S/C20H28N4O2.HI/c1-16(18-8-5-4-6-9-18)26-13-7-12-22-20(21-2)24-15-17-10-11-19(25-3)23-14-17;/h4-6,8-11,14,16H,7,12-13,15H2,1-3H3,(H2,21,22,24);1H. The molecule has 148 valence electrons. The van der Waals surface area contributed by atoms with Crippen molar-refractivity contribution < 1.29 is 9.47 Å². The number of rotatable bonds is 9. The summed E-state index contributed by atoms with van der Waals surface area (Å²) in [6.07, 6.45) is 2.80. The van der Waals surface area contributed by atoms with Gasteiger partial charge in [-0.05, 0) is 24.5 Å². The van der Waals surface area contributed by atoms with Crippen LogP contribution in [0.4, 0.5) is 0 Å². The summed E-state index contributed by atoms with van der Waals surface area (Å²) in [5, 5.41) is 6.56. The van der Waals surface area contributed by atoms with Gasteiger partial charge in [0.2, 0.25) is 5.88 Å². The largest absolute Gasteiger partial charge is 0.481 e. The summed E-state index contributed by atoms with van der Waals surface area (Å²) in [6, 6.07) is 14.1. The van der Waals surface area contributed by atoms with Gasteiger partial charge >= 0.3 is 0 Å². The third-order valence-electron chi connectivity index (χ3n) is 3.94. The Labute approximate surface area is 178 Å². The SMILES string of the molecule is CN=C(NCCCOC(C)c1ccccc1)NCc1ccc(OC)nc1.I. The Bertz CT molecular complexity index is 665. The minimum absolute atomic E-state index is 0. The first kappa shape index (κ1) is 23.2. The number of nitrogens with zero attached hydrogens (tertiary/aromatic N) is 2. The number of aromatic nitrogens is 1. The molecule has 0 saturated heterocycles. The molecule has 0 aliphatic carbocycles. The highest BCUT2D eigenvalue weighted by atomic mass is 127. The van der Waals surface area contributed by atoms with Crippen LogP contribution in [0.15, 0.2) is 53.7 Å². The van der Waals surface area contributed by atoms with Crippen molar-refractivity contribution in [2.24, 2.45) is 4.99 Å². The average molecular weight is 484 g/mol. The molecule has 0 aliphatic heterocycles. The Morgan fingerprint density at radius 2 is 1.93 bits per heavy atom. The molecule has 1 aromatic heterocycles. The predicted molar refractivity (Wildman–Crippen MR) is 120 cm³/mol. The van der Waals surface area contributed by atoms with Gasteiger partial charge in [-0.1, -0.05) is 36.4 Å². The van der Waals surface area contributed by atoms with Crippen molar-refractivity contribution in [1.29, 1.82) is 0 Å². The van der Waals surface area contributed by atoms with Gasteiger partial charge in [0.1, 0.15) is 0 Å². The van der Waals surface area contributed by atoms with Gasteiger partial charge in [-0.25, -0.2) is 4.98 Å². The lowest BCUT2D eigenvalue weighted by Crippen LogP contribution is -2.37. The van der Waals surface area contributed by atoms with Crippen LogP contribution in [0.2, 0.25) is 0 Å². The van der Waals surface area contributed by atoms with E-state index in [4.69, 9.17) is 9.47 Å². The summed E-state index contributed by atoms with van der Waals surface area (Å²) in [5.74, 6) is 1.37. The maximum atomic E-state index is 5.87. The number of nitrogens with one attached hydrogen (secondary N) is 2. The smallest absolute Gasteiger partial charge is 0.212 e. The number of hydrogen-bond acceptors (Lipinski definition) is 4. The van der Waals surface area contributed by atoms with Crippen LogP contribution < -0.4 is 15.4 Å². The number of methoxy groups -OCH3 is 1. The van der Waals surface area contributed by atoms with Crippen molar-refractivity contribution in [1.82, 2.24) is 15.6 Å². The molecule has 1 aromatic carbocycles. The third kappa shape index (κ3) is 8.57. The Kier molecular flexibility index (Phi) is 11.4. The van der Waals surface area contributed by atoms with E-state index >= 15 is 0 Å². The fourth-order valence-corrected chi connectivity index (χ4v) is 2.40. The Morgan fingerprint density at radius 1 is 1.15 bits per heavy atom. The topological polar surface area (TPSA) is 67.8 Å². The second-order valence-electron chi connectivity index (χ2n) is 5.84. The molecular weight excluding hydrogens is 455 g/mol. The minimum Gasteiger partial charge on any atom is -0.481 e. The van der Waals surface area contributed by atoms with E-state index in [9.17, 15) is 0 Å². The molecule has 2 rings (SSSR count). The van der Waals surface area contributed by atoms with Crippen molar-refractivity contribution in [3.8, 4) is 5.88 Å². The average Bonchev–Trinajstić information content (AvgIpc) is 2.71. The van der Waals surface area contributed by atoms with E-state index in [1.807, 2.05) is 30.3 Å². The molecule has 0 bridgehead atoms. The van der Waals surface area contributed by atoms with Gasteiger partial charge in [0.25, 0.3) is 0 Å². The summed E-state index contributed by atoms with van der Waals surface area (Å²) in [6.45, 7) is 4.22. The molecule has 27 heavy (non-hydrogen) atoms. The zero-order chi connectivity index (χ0) is 18.6. The first-order valence-corrected chi connectivity index (χ1v) is 8.83. The number of guanidine groups is 1. The van der Waals surface area contributed by atoms with E-state index in [0.29, 0.717) is 19.0 Å². The van der Waals surface area contributed by atoms with E-state index in [0.717, 1.165) is 24.5 Å². The van der Waals surface area contributed by atoms with E-state index in [-0.39, 0.29) is 30.1 Å². The van der Waals surface area contributed by atoms with E-state index < -0.39 is 0 Å². The normalized spacial score (nSPS) is 12.0. The van der Waals surface area contributed by atoms with Gasteiger partial charge in [0.15, 0.2) is 5.96 Å². The number of benzene rings is 1. The predicted octanol–water partition coefficient (Wildman–Crippen LogP) is 3.54. The number of ether oxygens (including phenoxy) is 2. The second kappa shape index (κ2) is 13.3. The summed E-state index contributed by atoms with van der Waals surface area (Å²) in [5.41, 5.74) is 2.26. The Balaban J connectivity index is 0.00000364. The quantitative estimate of drug-likeness (QED) is 0.247. The lowest BCUT2D eigenvalue weighted by Gasteiger charge is -2.15. The summed E-state index contributed by atoms with van der Waals surface area (Å²) in [7, 11) is 3.37. The maximum absolute atomic E-state index is 5.87. The van der Waals surface area contributed by atoms with Gasteiger partial charge in [0.05, 0.1) is 13.2 Å². The Hall–Kier alpha value is -1.87. The number of hydrogen-bond donors (Lipinski definition) is 2. The third-order valence-corrected chi connectivity index (χ3v) is 3.94. The summed E-state index contributed by atoms with van der Waals surface area (Å²) < 4.78 is 10.9. The van der Waals surface area contributed by atoms with Gasteiger partial charge in [-0.15, -0.1) is 24.0 Å². The molecule has 0 saturated carbocycles. The Morgan fingerprint density at radius 3 is 2.56 bits per heavy atom. The highest BCUT2D eigenvalue weighted by Gasteiger charge is 2.04. The van der Waals surface area contributed by atoms with Crippen molar-refractivity contribution >= 4 is 29.9 Å². The highest BCUT2D eigenvalue weighted by molar-refractivity contribution is 14.0. The fourth-order valence-electron chi connectivity index (χ4n) is 2.40. The van der Waals surface area contributed by atoms with E-state index in [1.165, 1.54) is 5.56 Å². The highest BCUT2D eigenvalue weighted by Crippen LogP contribution is 2.15. The fraction of sp³-hybridized carbons (Fsp3) is 0.400. The van der Waals surface area contributed by atoms with Gasteiger partial charge < -0.3 is 20.1 Å². The molecule has 2 N–H and O–H groups in total. The molecule has 6 nitrogen and oxygen atoms in total. The molecule has 0 amide bonds. The zero-order valence-corrected chi connectivity index (χ0v) is 18.5. The van der Waals surface area contributed by atoms with Crippen LogP contribution in [0.3, 0.4) is 0 Å². The van der Waals surface area contributed by atoms with Crippen LogP contribution in [0.5, 0.6) is 5.88 Å². The molecular formula is C20H29IN4O2. The van der Waals surface area contributed by atoms with E-state index in [2.05, 4.69) is 39.7 Å². The van der Waals surface area contributed by atoms with E-state index in [1.54, 1.807) is 20.4 Å². The van der Waals surface area contributed by atoms with Crippen LogP contribution in [0.25, 0.3) is 0 Å². The number of pyridine rings is 1. The molecule has 2 aromatic rings. The molecule has 1 unspecified atom stereocenters. The van der Waals surface area contributed by atoms with Gasteiger partial charge in [-0.3, -0.25) is 4.99 Å². The van der Waals surface area contributed by atoms with Crippen LogP contribution in [-0.4, -0.2) is 38.3 Å². The van der Waals surface area contributed by atoms with Crippen LogP contribution in [-0.2, 0) is 11.3 Å².